The van der Waals surface area contributed by atoms with Crippen molar-refractivity contribution in [3.05, 3.63) is 27.9 Å². The van der Waals surface area contributed by atoms with E-state index in [0.717, 1.165) is 25.2 Å². The highest BCUT2D eigenvalue weighted by molar-refractivity contribution is 5.05. The summed E-state index contributed by atoms with van der Waals surface area (Å²) >= 11 is 0. The van der Waals surface area contributed by atoms with E-state index in [1.54, 1.807) is 6.07 Å². The van der Waals surface area contributed by atoms with E-state index in [2.05, 4.69) is 28.7 Å². The van der Waals surface area contributed by atoms with Gasteiger partial charge in [-0.25, -0.2) is 4.98 Å². The van der Waals surface area contributed by atoms with Gasteiger partial charge in [0.1, 0.15) is 11.9 Å². The lowest BCUT2D eigenvalue weighted by Crippen LogP contribution is -2.43. The molecule has 0 amide bonds. The van der Waals surface area contributed by atoms with Crippen molar-refractivity contribution in [1.29, 1.82) is 0 Å². The topological polar surface area (TPSA) is 58.2 Å². The Morgan fingerprint density at radius 1 is 1.61 bits per heavy atom. The van der Waals surface area contributed by atoms with E-state index in [1.165, 1.54) is 0 Å². The fourth-order valence-electron chi connectivity index (χ4n) is 2.17. The molecule has 0 aromatic carbocycles. The first-order valence-electron chi connectivity index (χ1n) is 6.56. The Morgan fingerprint density at radius 3 is 3.06 bits per heavy atom. The molecule has 1 saturated heterocycles. The molecule has 0 saturated carbocycles. The normalized spacial score (nSPS) is 21.4. The maximum Gasteiger partial charge on any atom is 0.251 e. The lowest BCUT2D eigenvalue weighted by molar-refractivity contribution is -0.0444. The summed E-state index contributed by atoms with van der Waals surface area (Å²) < 4.78 is 5.72. The Kier molecular flexibility index (Phi) is 4.14. The molecule has 1 fully saturated rings. The van der Waals surface area contributed by atoms with Crippen LogP contribution in [0.25, 0.3) is 0 Å². The van der Waals surface area contributed by atoms with Crippen LogP contribution in [0.5, 0.6) is 0 Å². The number of aryl methyl sites for hydroxylation is 1. The van der Waals surface area contributed by atoms with Gasteiger partial charge in [0.15, 0.2) is 0 Å². The number of ether oxygens (including phenoxy) is 1. The molecule has 1 unspecified atom stereocenters. The van der Waals surface area contributed by atoms with Crippen LogP contribution in [0.3, 0.4) is 0 Å². The third kappa shape index (κ3) is 2.97. The first kappa shape index (κ1) is 13.2. The predicted octanol–water partition coefficient (Wildman–Crippen LogP) is 1.11. The highest BCUT2D eigenvalue weighted by Gasteiger charge is 2.25. The first-order valence-corrected chi connectivity index (χ1v) is 6.56. The SMILES string of the molecule is CCc1cc(=O)[nH]c(C2CN(C(C)C)CCO2)n1. The van der Waals surface area contributed by atoms with Crippen molar-refractivity contribution in [2.75, 3.05) is 19.7 Å². The van der Waals surface area contributed by atoms with Crippen molar-refractivity contribution in [2.24, 2.45) is 0 Å². The van der Waals surface area contributed by atoms with Crippen molar-refractivity contribution in [1.82, 2.24) is 14.9 Å². The van der Waals surface area contributed by atoms with Crippen LogP contribution in [-0.4, -0.2) is 40.6 Å². The second kappa shape index (κ2) is 5.63. The molecule has 0 radical (unpaired) electrons. The van der Waals surface area contributed by atoms with E-state index in [4.69, 9.17) is 4.74 Å². The van der Waals surface area contributed by atoms with Crippen LogP contribution in [0.4, 0.5) is 0 Å². The minimum absolute atomic E-state index is 0.0953. The summed E-state index contributed by atoms with van der Waals surface area (Å²) in [4.78, 5) is 21.2. The highest BCUT2D eigenvalue weighted by Crippen LogP contribution is 2.19. The molecule has 1 N–H and O–H groups in total. The van der Waals surface area contributed by atoms with E-state index >= 15 is 0 Å². The number of H-pyrrole nitrogens is 1. The van der Waals surface area contributed by atoms with Crippen molar-refractivity contribution in [2.45, 2.75) is 39.3 Å². The molecule has 5 nitrogen and oxygen atoms in total. The van der Waals surface area contributed by atoms with Crippen LogP contribution in [0.1, 0.15) is 38.4 Å². The van der Waals surface area contributed by atoms with Gasteiger partial charge in [0, 0.05) is 30.9 Å². The van der Waals surface area contributed by atoms with Crippen molar-refractivity contribution < 1.29 is 4.74 Å². The minimum atomic E-state index is -0.125. The molecule has 0 spiro atoms. The van der Waals surface area contributed by atoms with E-state index in [0.29, 0.717) is 18.5 Å². The summed E-state index contributed by atoms with van der Waals surface area (Å²) in [5.41, 5.74) is 0.723. The Labute approximate surface area is 107 Å². The second-order valence-electron chi connectivity index (χ2n) is 4.92. The van der Waals surface area contributed by atoms with E-state index in [-0.39, 0.29) is 11.7 Å². The lowest BCUT2D eigenvalue weighted by Gasteiger charge is -2.34. The molecule has 2 rings (SSSR count). The molecule has 100 valence electrons. The average molecular weight is 251 g/mol. The fraction of sp³-hybridized carbons (Fsp3) is 0.692. The number of hydrogen-bond donors (Lipinski definition) is 1. The monoisotopic (exact) mass is 251 g/mol. The summed E-state index contributed by atoms with van der Waals surface area (Å²) in [6, 6.07) is 2.03. The summed E-state index contributed by atoms with van der Waals surface area (Å²) in [6.07, 6.45) is 0.637. The third-order valence-electron chi connectivity index (χ3n) is 3.31. The molecule has 2 heterocycles. The average Bonchev–Trinajstić information content (AvgIpc) is 2.38. The molecule has 0 aliphatic carbocycles. The van der Waals surface area contributed by atoms with Crippen molar-refractivity contribution in [3.63, 3.8) is 0 Å². The Morgan fingerprint density at radius 2 is 2.39 bits per heavy atom. The van der Waals surface area contributed by atoms with Crippen molar-refractivity contribution >= 4 is 0 Å². The predicted molar refractivity (Wildman–Crippen MR) is 69.6 cm³/mol. The van der Waals surface area contributed by atoms with Crippen LogP contribution in [0.2, 0.25) is 0 Å². The summed E-state index contributed by atoms with van der Waals surface area (Å²) in [7, 11) is 0. The molecule has 1 aromatic rings. The maximum atomic E-state index is 11.6. The third-order valence-corrected chi connectivity index (χ3v) is 3.31. The smallest absolute Gasteiger partial charge is 0.251 e. The molecular weight excluding hydrogens is 230 g/mol. The van der Waals surface area contributed by atoms with Crippen LogP contribution in [0.15, 0.2) is 10.9 Å². The Bertz CT molecular complexity index is 456. The maximum absolute atomic E-state index is 11.6. The van der Waals surface area contributed by atoms with Crippen molar-refractivity contribution in [3.8, 4) is 0 Å². The molecular formula is C13H21N3O2. The zero-order valence-corrected chi connectivity index (χ0v) is 11.3. The zero-order valence-electron chi connectivity index (χ0n) is 11.3. The van der Waals surface area contributed by atoms with Gasteiger partial charge in [-0.05, 0) is 20.3 Å². The van der Waals surface area contributed by atoms with Gasteiger partial charge in [-0.15, -0.1) is 0 Å². The van der Waals surface area contributed by atoms with Crippen LogP contribution < -0.4 is 5.56 Å². The van der Waals surface area contributed by atoms with Gasteiger partial charge < -0.3 is 9.72 Å². The number of nitrogens with one attached hydrogen (secondary N) is 1. The van der Waals surface area contributed by atoms with Crippen LogP contribution >= 0.6 is 0 Å². The first-order chi connectivity index (χ1) is 8.60. The number of nitrogens with zero attached hydrogens (tertiary/aromatic N) is 2. The fourth-order valence-corrected chi connectivity index (χ4v) is 2.17. The summed E-state index contributed by atoms with van der Waals surface area (Å²) in [5, 5.41) is 0. The number of morpholine rings is 1. The van der Waals surface area contributed by atoms with Gasteiger partial charge in [0.05, 0.1) is 6.61 Å². The van der Waals surface area contributed by atoms with E-state index in [9.17, 15) is 4.79 Å². The number of aromatic nitrogens is 2. The zero-order chi connectivity index (χ0) is 13.1. The summed E-state index contributed by atoms with van der Waals surface area (Å²) in [6.45, 7) is 8.73. The molecule has 1 aromatic heterocycles. The number of aromatic amines is 1. The van der Waals surface area contributed by atoms with Gasteiger partial charge in [-0.1, -0.05) is 6.92 Å². The van der Waals surface area contributed by atoms with Gasteiger partial charge in [0.25, 0.3) is 5.56 Å². The van der Waals surface area contributed by atoms with Crippen LogP contribution in [-0.2, 0) is 11.2 Å². The van der Waals surface area contributed by atoms with Gasteiger partial charge in [-0.2, -0.15) is 0 Å². The quantitative estimate of drug-likeness (QED) is 0.874. The van der Waals surface area contributed by atoms with E-state index in [1.807, 2.05) is 6.92 Å². The molecule has 1 atom stereocenters. The van der Waals surface area contributed by atoms with Gasteiger partial charge in [0.2, 0.25) is 0 Å². The Balaban J connectivity index is 2.20. The number of rotatable bonds is 3. The molecule has 0 bridgehead atoms. The van der Waals surface area contributed by atoms with E-state index < -0.39 is 0 Å². The second-order valence-corrected chi connectivity index (χ2v) is 4.92. The van der Waals surface area contributed by atoms with Gasteiger partial charge >= 0.3 is 0 Å². The molecule has 18 heavy (non-hydrogen) atoms. The lowest BCUT2D eigenvalue weighted by atomic mass is 10.2. The largest absolute Gasteiger partial charge is 0.368 e. The number of hydrogen-bond acceptors (Lipinski definition) is 4. The molecule has 1 aliphatic rings. The standard InChI is InChI=1S/C13H21N3O2/c1-4-10-7-12(17)15-13(14-10)11-8-16(9(2)3)5-6-18-11/h7,9,11H,4-6,8H2,1-3H3,(H,14,15,17). The summed E-state index contributed by atoms with van der Waals surface area (Å²) in [5.74, 6) is 0.657. The minimum Gasteiger partial charge on any atom is -0.368 e. The van der Waals surface area contributed by atoms with Crippen LogP contribution in [0, 0.1) is 0 Å². The van der Waals surface area contributed by atoms with Gasteiger partial charge in [-0.3, -0.25) is 9.69 Å². The molecule has 1 aliphatic heterocycles. The highest BCUT2D eigenvalue weighted by atomic mass is 16.5. The molecule has 5 heteroatoms. The Hall–Kier alpha value is -1.20.